The van der Waals surface area contributed by atoms with Crippen LogP contribution in [0.3, 0.4) is 0 Å². The number of rotatable bonds is 25. The largest absolute Gasteiger partial charge is 0.218 e. The molecule has 3 nitrogen and oxygen atoms in total. The lowest BCUT2D eigenvalue weighted by Gasteiger charge is -2.08. The van der Waals surface area contributed by atoms with Gasteiger partial charge in [0.1, 0.15) is 17.5 Å². The summed E-state index contributed by atoms with van der Waals surface area (Å²) in [7, 11) is 0. The van der Waals surface area contributed by atoms with Crippen LogP contribution < -0.4 is 0 Å². The molecule has 34 heavy (non-hydrogen) atoms. The number of hydrogen-bond donors (Lipinski definition) is 0. The number of unbranched alkanes of at least 4 members (excludes halogenated alkanes) is 19. The molecule has 0 amide bonds. The van der Waals surface area contributed by atoms with Gasteiger partial charge in [-0.2, -0.15) is 0 Å². The molecule has 0 fully saturated rings. The van der Waals surface area contributed by atoms with Crippen molar-refractivity contribution in [2.24, 2.45) is 0 Å². The number of aryl methyl sites for hydroxylation is 3. The van der Waals surface area contributed by atoms with Crippen LogP contribution in [0.4, 0.5) is 0 Å². The molecule has 3 heteroatoms. The zero-order valence-corrected chi connectivity index (χ0v) is 23.5. The molecule has 0 atom stereocenters. The van der Waals surface area contributed by atoms with E-state index in [1.54, 1.807) is 0 Å². The lowest BCUT2D eigenvalue weighted by molar-refractivity contribution is 0.548. The van der Waals surface area contributed by atoms with Gasteiger partial charge in [0.2, 0.25) is 0 Å². The molecule has 1 rings (SSSR count). The second-order valence-electron chi connectivity index (χ2n) is 10.6. The molecule has 0 saturated heterocycles. The van der Waals surface area contributed by atoms with Gasteiger partial charge in [0.05, 0.1) is 0 Å². The Morgan fingerprint density at radius 3 is 0.824 bits per heavy atom. The van der Waals surface area contributed by atoms with E-state index < -0.39 is 0 Å². The Bertz CT molecular complexity index is 515. The fourth-order valence-corrected chi connectivity index (χ4v) is 4.73. The highest BCUT2D eigenvalue weighted by atomic mass is 15.0. The van der Waals surface area contributed by atoms with Crippen LogP contribution in [0, 0.1) is 0 Å². The summed E-state index contributed by atoms with van der Waals surface area (Å²) in [6.45, 7) is 6.83. The van der Waals surface area contributed by atoms with E-state index in [9.17, 15) is 0 Å². The fourth-order valence-electron chi connectivity index (χ4n) is 4.73. The average molecular weight is 474 g/mol. The minimum absolute atomic E-state index is 1.01. The molecule has 0 N–H and O–H groups in total. The van der Waals surface area contributed by atoms with E-state index in [1.807, 2.05) is 0 Å². The van der Waals surface area contributed by atoms with Gasteiger partial charge in [0.15, 0.2) is 0 Å². The highest BCUT2D eigenvalue weighted by Crippen LogP contribution is 2.14. The lowest BCUT2D eigenvalue weighted by atomic mass is 10.1. The maximum atomic E-state index is 4.87. The van der Waals surface area contributed by atoms with Crippen LogP contribution in [0.5, 0.6) is 0 Å². The van der Waals surface area contributed by atoms with Gasteiger partial charge in [-0.15, -0.1) is 0 Å². The van der Waals surface area contributed by atoms with Crippen molar-refractivity contribution in [1.82, 2.24) is 15.0 Å². The topological polar surface area (TPSA) is 38.7 Å². The maximum absolute atomic E-state index is 4.87. The van der Waals surface area contributed by atoms with Crippen LogP contribution in [-0.2, 0) is 19.3 Å². The molecule has 0 aliphatic rings. The van der Waals surface area contributed by atoms with E-state index in [0.29, 0.717) is 0 Å². The summed E-state index contributed by atoms with van der Waals surface area (Å²) in [4.78, 5) is 14.5. The summed E-state index contributed by atoms with van der Waals surface area (Å²) >= 11 is 0. The van der Waals surface area contributed by atoms with Crippen molar-refractivity contribution in [2.75, 3.05) is 0 Å². The molecule has 0 aromatic carbocycles. The average Bonchev–Trinajstić information content (AvgIpc) is 2.85. The summed E-state index contributed by atoms with van der Waals surface area (Å²) in [6.07, 6.45) is 33.0. The summed E-state index contributed by atoms with van der Waals surface area (Å²) in [5.74, 6) is 3.16. The highest BCUT2D eigenvalue weighted by molar-refractivity contribution is 4.98. The summed E-state index contributed by atoms with van der Waals surface area (Å²) in [6, 6.07) is 0. The molecule has 0 aliphatic heterocycles. The number of aromatic nitrogens is 3. The second kappa shape index (κ2) is 23.7. The van der Waals surface area contributed by atoms with Crippen LogP contribution in [0.2, 0.25) is 0 Å². The standard InChI is InChI=1S/C31H59N3/c1-4-7-10-12-14-16-18-20-22-24-27-30-32-29(26-9-6-3)33-31(34-30)28-25-23-21-19-17-15-13-11-8-5-2/h4-28H2,1-3H3. The third-order valence-corrected chi connectivity index (χ3v) is 7.04. The Kier molecular flexibility index (Phi) is 21.7. The first kappa shape index (κ1) is 31.0. The third-order valence-electron chi connectivity index (χ3n) is 7.04. The van der Waals surface area contributed by atoms with Crippen LogP contribution in [0.25, 0.3) is 0 Å². The van der Waals surface area contributed by atoms with Crippen molar-refractivity contribution in [1.29, 1.82) is 0 Å². The van der Waals surface area contributed by atoms with E-state index in [4.69, 9.17) is 15.0 Å². The van der Waals surface area contributed by atoms with Crippen LogP contribution in [0.1, 0.15) is 180 Å². The molecule has 0 unspecified atom stereocenters. The molecular weight excluding hydrogens is 414 g/mol. The maximum Gasteiger partial charge on any atom is 0.132 e. The minimum atomic E-state index is 1.01. The van der Waals surface area contributed by atoms with E-state index >= 15 is 0 Å². The SMILES string of the molecule is CCCCCCCCCCCCc1nc(CCCC)nc(CCCCCCCCCCCC)n1. The van der Waals surface area contributed by atoms with Crippen molar-refractivity contribution in [3.63, 3.8) is 0 Å². The van der Waals surface area contributed by atoms with Crippen molar-refractivity contribution >= 4 is 0 Å². The third kappa shape index (κ3) is 18.4. The second-order valence-corrected chi connectivity index (χ2v) is 10.6. The van der Waals surface area contributed by atoms with E-state index in [0.717, 1.165) is 36.7 Å². The quantitative estimate of drug-likeness (QED) is 0.133. The van der Waals surface area contributed by atoms with Crippen LogP contribution in [0.15, 0.2) is 0 Å². The minimum Gasteiger partial charge on any atom is -0.218 e. The zero-order chi connectivity index (χ0) is 24.5. The fraction of sp³-hybridized carbons (Fsp3) is 0.903. The van der Waals surface area contributed by atoms with Crippen molar-refractivity contribution in [3.05, 3.63) is 17.5 Å². The van der Waals surface area contributed by atoms with Gasteiger partial charge in [0, 0.05) is 19.3 Å². The van der Waals surface area contributed by atoms with Gasteiger partial charge in [0.25, 0.3) is 0 Å². The predicted octanol–water partition coefficient (Wildman–Crippen LogP) is 10.1. The summed E-state index contributed by atoms with van der Waals surface area (Å²) in [5.41, 5.74) is 0. The smallest absolute Gasteiger partial charge is 0.132 e. The first-order valence-electron chi connectivity index (χ1n) is 15.5. The predicted molar refractivity (Wildman–Crippen MR) is 150 cm³/mol. The van der Waals surface area contributed by atoms with Crippen LogP contribution >= 0.6 is 0 Å². The lowest BCUT2D eigenvalue weighted by Crippen LogP contribution is -2.08. The van der Waals surface area contributed by atoms with Gasteiger partial charge in [-0.05, 0) is 19.3 Å². The van der Waals surface area contributed by atoms with Gasteiger partial charge >= 0.3 is 0 Å². The van der Waals surface area contributed by atoms with Crippen molar-refractivity contribution < 1.29 is 0 Å². The number of nitrogens with zero attached hydrogens (tertiary/aromatic N) is 3. The molecule has 0 saturated carbocycles. The van der Waals surface area contributed by atoms with Crippen molar-refractivity contribution in [2.45, 2.75) is 181 Å². The highest BCUT2D eigenvalue weighted by Gasteiger charge is 2.07. The summed E-state index contributed by atoms with van der Waals surface area (Å²) in [5, 5.41) is 0. The molecule has 0 radical (unpaired) electrons. The van der Waals surface area contributed by atoms with E-state index in [2.05, 4.69) is 20.8 Å². The Labute approximate surface area is 213 Å². The van der Waals surface area contributed by atoms with Gasteiger partial charge in [-0.3, -0.25) is 0 Å². The van der Waals surface area contributed by atoms with E-state index in [1.165, 1.54) is 141 Å². The normalized spacial score (nSPS) is 11.4. The van der Waals surface area contributed by atoms with Crippen LogP contribution in [-0.4, -0.2) is 15.0 Å². The Balaban J connectivity index is 2.24. The Morgan fingerprint density at radius 2 is 0.529 bits per heavy atom. The zero-order valence-electron chi connectivity index (χ0n) is 23.5. The molecule has 0 bridgehead atoms. The van der Waals surface area contributed by atoms with Crippen molar-refractivity contribution in [3.8, 4) is 0 Å². The molecular formula is C31H59N3. The number of hydrogen-bond acceptors (Lipinski definition) is 3. The molecule has 1 aromatic heterocycles. The monoisotopic (exact) mass is 473 g/mol. The molecule has 0 spiro atoms. The Hall–Kier alpha value is -0.990. The Morgan fingerprint density at radius 1 is 0.294 bits per heavy atom. The molecule has 198 valence electrons. The van der Waals surface area contributed by atoms with Gasteiger partial charge < -0.3 is 0 Å². The van der Waals surface area contributed by atoms with E-state index in [-0.39, 0.29) is 0 Å². The first-order valence-corrected chi connectivity index (χ1v) is 15.5. The molecule has 1 heterocycles. The van der Waals surface area contributed by atoms with Gasteiger partial charge in [-0.25, -0.2) is 15.0 Å². The molecule has 0 aliphatic carbocycles. The first-order chi connectivity index (χ1) is 16.8. The summed E-state index contributed by atoms with van der Waals surface area (Å²) < 4.78 is 0. The molecule has 1 aromatic rings. The van der Waals surface area contributed by atoms with Gasteiger partial charge in [-0.1, -0.05) is 143 Å².